The monoisotopic (exact) mass is 213 g/mol. The molecule has 0 amide bonds. The summed E-state index contributed by atoms with van der Waals surface area (Å²) in [5.74, 6) is 0.232. The van der Waals surface area contributed by atoms with Crippen LogP contribution in [-0.2, 0) is 0 Å². The molecule has 1 rings (SSSR count). The van der Waals surface area contributed by atoms with Gasteiger partial charge < -0.3 is 10.4 Å². The third-order valence-electron chi connectivity index (χ3n) is 1.55. The van der Waals surface area contributed by atoms with Crippen molar-refractivity contribution in [2.75, 3.05) is 23.9 Å². The molecule has 5 nitrogen and oxygen atoms in total. The zero-order chi connectivity index (χ0) is 10.4. The lowest BCUT2D eigenvalue weighted by Gasteiger charge is -2.05. The zero-order valence-corrected chi connectivity index (χ0v) is 8.54. The summed E-state index contributed by atoms with van der Waals surface area (Å²) in [5.41, 5.74) is 0.154. The highest BCUT2D eigenvalue weighted by molar-refractivity contribution is 7.98. The number of nitrogens with one attached hydrogen (secondary N) is 1. The van der Waals surface area contributed by atoms with E-state index < -0.39 is 5.97 Å². The van der Waals surface area contributed by atoms with Crippen LogP contribution in [-0.4, -0.2) is 39.8 Å². The van der Waals surface area contributed by atoms with Crippen molar-refractivity contribution in [3.05, 3.63) is 17.8 Å². The summed E-state index contributed by atoms with van der Waals surface area (Å²) in [6.07, 6.45) is 3.35. The molecule has 0 saturated carbocycles. The average Bonchev–Trinajstić information content (AvgIpc) is 2.19. The highest BCUT2D eigenvalue weighted by Crippen LogP contribution is 2.09. The fraction of sp³-hybridized carbons (Fsp3) is 0.375. The Labute approximate surface area is 85.9 Å². The van der Waals surface area contributed by atoms with E-state index in [1.807, 2.05) is 6.26 Å². The van der Waals surface area contributed by atoms with Crippen molar-refractivity contribution in [3.63, 3.8) is 0 Å². The first-order chi connectivity index (χ1) is 6.75. The van der Waals surface area contributed by atoms with Crippen LogP contribution in [0.1, 0.15) is 10.4 Å². The molecule has 0 aromatic carbocycles. The molecule has 1 heterocycles. The summed E-state index contributed by atoms with van der Waals surface area (Å²) < 4.78 is 0. The Morgan fingerprint density at radius 2 is 2.50 bits per heavy atom. The second-order valence-corrected chi connectivity index (χ2v) is 3.50. The maximum Gasteiger partial charge on any atom is 0.339 e. The van der Waals surface area contributed by atoms with Crippen LogP contribution < -0.4 is 5.32 Å². The van der Waals surface area contributed by atoms with Crippen molar-refractivity contribution in [1.29, 1.82) is 0 Å². The number of thioether (sulfide) groups is 1. The number of carboxylic acid groups (broad SMARTS) is 1. The lowest BCUT2D eigenvalue weighted by atomic mass is 10.3. The first-order valence-electron chi connectivity index (χ1n) is 4.03. The molecular weight excluding hydrogens is 202 g/mol. The van der Waals surface area contributed by atoms with E-state index in [1.54, 1.807) is 11.8 Å². The molecule has 76 valence electrons. The highest BCUT2D eigenvalue weighted by atomic mass is 32.2. The molecule has 0 fully saturated rings. The van der Waals surface area contributed by atoms with Gasteiger partial charge in [0.15, 0.2) is 5.82 Å². The van der Waals surface area contributed by atoms with Crippen molar-refractivity contribution in [2.24, 2.45) is 0 Å². The summed E-state index contributed by atoms with van der Waals surface area (Å²) in [4.78, 5) is 10.7. The van der Waals surface area contributed by atoms with Gasteiger partial charge in [-0.25, -0.2) is 4.79 Å². The largest absolute Gasteiger partial charge is 0.478 e. The molecule has 0 radical (unpaired) electrons. The third kappa shape index (κ3) is 2.88. The quantitative estimate of drug-likeness (QED) is 0.709. The molecule has 0 bridgehead atoms. The molecule has 0 atom stereocenters. The molecule has 14 heavy (non-hydrogen) atoms. The van der Waals surface area contributed by atoms with E-state index in [4.69, 9.17) is 5.11 Å². The zero-order valence-electron chi connectivity index (χ0n) is 7.73. The Morgan fingerprint density at radius 3 is 3.14 bits per heavy atom. The van der Waals surface area contributed by atoms with Crippen LogP contribution >= 0.6 is 11.8 Å². The number of carboxylic acids is 1. The van der Waals surface area contributed by atoms with Crippen molar-refractivity contribution in [3.8, 4) is 0 Å². The van der Waals surface area contributed by atoms with Crippen LogP contribution in [0.3, 0.4) is 0 Å². The molecule has 0 aliphatic carbocycles. The van der Waals surface area contributed by atoms with Crippen molar-refractivity contribution < 1.29 is 9.90 Å². The number of anilines is 1. The molecule has 2 N–H and O–H groups in total. The molecular formula is C8H11N3O2S. The molecule has 1 aromatic heterocycles. The molecule has 0 aliphatic rings. The van der Waals surface area contributed by atoms with Crippen molar-refractivity contribution in [2.45, 2.75) is 0 Å². The Hall–Kier alpha value is -1.30. The first-order valence-corrected chi connectivity index (χ1v) is 5.43. The maximum absolute atomic E-state index is 10.7. The average molecular weight is 213 g/mol. The summed E-state index contributed by atoms with van der Waals surface area (Å²) >= 11 is 1.68. The molecule has 0 saturated heterocycles. The van der Waals surface area contributed by atoms with Crippen LogP contribution in [0.25, 0.3) is 0 Å². The lowest BCUT2D eigenvalue weighted by Crippen LogP contribution is -2.11. The van der Waals surface area contributed by atoms with Crippen LogP contribution in [0.2, 0.25) is 0 Å². The molecule has 0 spiro atoms. The van der Waals surface area contributed by atoms with E-state index in [2.05, 4.69) is 15.5 Å². The molecule has 0 unspecified atom stereocenters. The minimum atomic E-state index is -0.994. The predicted molar refractivity (Wildman–Crippen MR) is 55.9 cm³/mol. The number of nitrogens with zero attached hydrogens (tertiary/aromatic N) is 2. The third-order valence-corrected chi connectivity index (χ3v) is 2.16. The SMILES string of the molecule is CSCCNc1nnccc1C(=O)O. The summed E-state index contributed by atoms with van der Waals surface area (Å²) in [7, 11) is 0. The van der Waals surface area contributed by atoms with Gasteiger partial charge in [-0.1, -0.05) is 0 Å². The number of aromatic carboxylic acids is 1. The van der Waals surface area contributed by atoms with Gasteiger partial charge in [0.2, 0.25) is 0 Å². The van der Waals surface area contributed by atoms with Crippen LogP contribution in [0.4, 0.5) is 5.82 Å². The van der Waals surface area contributed by atoms with E-state index in [0.29, 0.717) is 12.4 Å². The standard InChI is InChI=1S/C8H11N3O2S/c1-14-5-4-9-7-6(8(12)13)2-3-10-11-7/h2-3H,4-5H2,1H3,(H,9,11)(H,12,13). The number of hydrogen-bond acceptors (Lipinski definition) is 5. The van der Waals surface area contributed by atoms with Gasteiger partial charge in [-0.2, -0.15) is 16.9 Å². The first kappa shape index (κ1) is 10.8. The van der Waals surface area contributed by atoms with E-state index in [1.165, 1.54) is 12.3 Å². The Bertz CT molecular complexity index is 319. The minimum absolute atomic E-state index is 0.154. The Morgan fingerprint density at radius 1 is 1.71 bits per heavy atom. The van der Waals surface area contributed by atoms with Crippen LogP contribution in [0, 0.1) is 0 Å². The molecule has 6 heteroatoms. The molecule has 0 aliphatic heterocycles. The van der Waals surface area contributed by atoms with Crippen molar-refractivity contribution in [1.82, 2.24) is 10.2 Å². The van der Waals surface area contributed by atoms with Gasteiger partial charge in [0.05, 0.1) is 6.20 Å². The van der Waals surface area contributed by atoms with E-state index >= 15 is 0 Å². The maximum atomic E-state index is 10.7. The fourth-order valence-corrected chi connectivity index (χ4v) is 1.21. The summed E-state index contributed by atoms with van der Waals surface area (Å²) in [5, 5.41) is 19.1. The Kier molecular flexibility index (Phi) is 4.18. The lowest BCUT2D eigenvalue weighted by molar-refractivity contribution is 0.0697. The smallest absolute Gasteiger partial charge is 0.339 e. The summed E-state index contributed by atoms with van der Waals surface area (Å²) in [6.45, 7) is 0.681. The topological polar surface area (TPSA) is 75.1 Å². The number of rotatable bonds is 5. The van der Waals surface area contributed by atoms with Gasteiger partial charge in [-0.15, -0.1) is 5.10 Å². The second kappa shape index (κ2) is 5.43. The number of carbonyl (C=O) groups is 1. The van der Waals surface area contributed by atoms with Gasteiger partial charge in [0.1, 0.15) is 5.56 Å². The van der Waals surface area contributed by atoms with E-state index in [0.717, 1.165) is 5.75 Å². The van der Waals surface area contributed by atoms with Gasteiger partial charge in [0, 0.05) is 12.3 Å². The Balaban J connectivity index is 2.69. The van der Waals surface area contributed by atoms with E-state index in [9.17, 15) is 4.79 Å². The molecule has 1 aromatic rings. The summed E-state index contributed by atoms with van der Waals surface area (Å²) in [6, 6.07) is 1.43. The second-order valence-electron chi connectivity index (χ2n) is 2.52. The van der Waals surface area contributed by atoms with Gasteiger partial charge in [-0.05, 0) is 12.3 Å². The highest BCUT2D eigenvalue weighted by Gasteiger charge is 2.09. The fourth-order valence-electron chi connectivity index (χ4n) is 0.906. The number of aromatic nitrogens is 2. The van der Waals surface area contributed by atoms with Crippen LogP contribution in [0.5, 0.6) is 0 Å². The number of hydrogen-bond donors (Lipinski definition) is 2. The van der Waals surface area contributed by atoms with Gasteiger partial charge in [-0.3, -0.25) is 0 Å². The normalized spacial score (nSPS) is 9.79. The van der Waals surface area contributed by atoms with Gasteiger partial charge in [0.25, 0.3) is 0 Å². The predicted octanol–water partition coefficient (Wildman–Crippen LogP) is 0.950. The van der Waals surface area contributed by atoms with Crippen molar-refractivity contribution >= 4 is 23.5 Å². The van der Waals surface area contributed by atoms with E-state index in [-0.39, 0.29) is 5.56 Å². The minimum Gasteiger partial charge on any atom is -0.478 e. The van der Waals surface area contributed by atoms with Crippen LogP contribution in [0.15, 0.2) is 12.3 Å². The van der Waals surface area contributed by atoms with Gasteiger partial charge >= 0.3 is 5.97 Å².